The van der Waals surface area contributed by atoms with E-state index in [1.165, 1.54) is 0 Å². The minimum absolute atomic E-state index is 0.0366. The first-order chi connectivity index (χ1) is 7.86. The maximum atomic E-state index is 12.0. The normalized spacial score (nSPS) is 13.8. The van der Waals surface area contributed by atoms with Crippen molar-refractivity contribution in [2.24, 2.45) is 11.7 Å². The number of halogens is 2. The average molecular weight is 250 g/mol. The smallest absolute Gasteiger partial charge is 0.303 e. The van der Waals surface area contributed by atoms with Crippen LogP contribution in [0.1, 0.15) is 19.8 Å². The van der Waals surface area contributed by atoms with Gasteiger partial charge in [-0.15, -0.1) is 0 Å². The molecule has 1 amide bonds. The van der Waals surface area contributed by atoms with E-state index in [9.17, 15) is 18.4 Å². The van der Waals surface area contributed by atoms with Crippen molar-refractivity contribution in [1.29, 1.82) is 0 Å². The van der Waals surface area contributed by atoms with Gasteiger partial charge in [-0.2, -0.15) is 8.78 Å². The lowest BCUT2D eigenvalue weighted by Gasteiger charge is -2.16. The standard InChI is InChI=1S/C10H16F2N2O3/c1-2-7(10(13)17)14-5-6(3-8(11)12)4-9(15)16/h3,6-7,14H,2,4-5H2,1H3,(H2,13,17)(H,15,16)/t6-,7-/m0/s1. The molecule has 0 heterocycles. The number of carboxylic acid groups (broad SMARTS) is 1. The highest BCUT2D eigenvalue weighted by molar-refractivity contribution is 5.79. The van der Waals surface area contributed by atoms with E-state index in [4.69, 9.17) is 10.8 Å². The number of nitrogens with two attached hydrogens (primary N) is 1. The molecule has 0 rings (SSSR count). The Morgan fingerprint density at radius 1 is 1.47 bits per heavy atom. The van der Waals surface area contributed by atoms with E-state index in [1.54, 1.807) is 6.92 Å². The summed E-state index contributed by atoms with van der Waals surface area (Å²) in [6.45, 7) is 1.67. The Morgan fingerprint density at radius 3 is 2.41 bits per heavy atom. The van der Waals surface area contributed by atoms with Crippen molar-refractivity contribution in [3.63, 3.8) is 0 Å². The summed E-state index contributed by atoms with van der Waals surface area (Å²) in [4.78, 5) is 21.3. The quantitative estimate of drug-likeness (QED) is 0.591. The van der Waals surface area contributed by atoms with E-state index in [-0.39, 0.29) is 6.54 Å². The van der Waals surface area contributed by atoms with Gasteiger partial charge in [-0.05, 0) is 12.5 Å². The van der Waals surface area contributed by atoms with E-state index in [1.807, 2.05) is 0 Å². The molecule has 0 aromatic rings. The molecule has 0 aliphatic rings. The van der Waals surface area contributed by atoms with Gasteiger partial charge in [0.1, 0.15) is 0 Å². The van der Waals surface area contributed by atoms with Crippen molar-refractivity contribution < 1.29 is 23.5 Å². The van der Waals surface area contributed by atoms with Crippen molar-refractivity contribution in [3.05, 3.63) is 12.2 Å². The number of carbonyl (C=O) groups is 2. The molecule has 0 bridgehead atoms. The lowest BCUT2D eigenvalue weighted by atomic mass is 10.0. The third kappa shape index (κ3) is 7.40. The molecule has 17 heavy (non-hydrogen) atoms. The van der Waals surface area contributed by atoms with Gasteiger partial charge in [-0.3, -0.25) is 9.59 Å². The van der Waals surface area contributed by atoms with Gasteiger partial charge < -0.3 is 16.2 Å². The first-order valence-corrected chi connectivity index (χ1v) is 5.14. The molecular formula is C10H16F2N2O3. The zero-order chi connectivity index (χ0) is 13.4. The van der Waals surface area contributed by atoms with Gasteiger partial charge in [0.2, 0.25) is 5.91 Å². The van der Waals surface area contributed by atoms with E-state index >= 15 is 0 Å². The van der Waals surface area contributed by atoms with Crippen LogP contribution in [0.3, 0.4) is 0 Å². The number of rotatable bonds is 8. The Bertz CT molecular complexity index is 304. The molecule has 0 spiro atoms. The molecule has 4 N–H and O–H groups in total. The molecule has 5 nitrogen and oxygen atoms in total. The maximum absolute atomic E-state index is 12.0. The summed E-state index contributed by atoms with van der Waals surface area (Å²) in [5.41, 5.74) is 5.05. The number of carboxylic acids is 1. The fourth-order valence-electron chi connectivity index (χ4n) is 1.33. The highest BCUT2D eigenvalue weighted by Crippen LogP contribution is 2.10. The second-order valence-electron chi connectivity index (χ2n) is 3.59. The highest BCUT2D eigenvalue weighted by Gasteiger charge is 2.17. The second-order valence-corrected chi connectivity index (χ2v) is 3.59. The lowest BCUT2D eigenvalue weighted by Crippen LogP contribution is -2.42. The zero-order valence-corrected chi connectivity index (χ0v) is 9.45. The Hall–Kier alpha value is -1.50. The van der Waals surface area contributed by atoms with Crippen LogP contribution in [0.15, 0.2) is 12.2 Å². The van der Waals surface area contributed by atoms with Gasteiger partial charge in [-0.1, -0.05) is 6.92 Å². The highest BCUT2D eigenvalue weighted by atomic mass is 19.3. The molecule has 0 saturated carbocycles. The van der Waals surface area contributed by atoms with Crippen LogP contribution in [-0.2, 0) is 9.59 Å². The van der Waals surface area contributed by atoms with Gasteiger partial charge in [0.15, 0.2) is 0 Å². The van der Waals surface area contributed by atoms with Gasteiger partial charge in [0, 0.05) is 12.5 Å². The summed E-state index contributed by atoms with van der Waals surface area (Å²) in [5.74, 6) is -2.64. The minimum atomic E-state index is -1.94. The largest absolute Gasteiger partial charge is 0.481 e. The molecule has 0 aromatic heterocycles. The summed E-state index contributed by atoms with van der Waals surface area (Å²) in [6.07, 6.45) is -1.39. The molecule has 7 heteroatoms. The Labute approximate surface area is 97.7 Å². The maximum Gasteiger partial charge on any atom is 0.303 e. The minimum Gasteiger partial charge on any atom is -0.481 e. The van der Waals surface area contributed by atoms with Crippen molar-refractivity contribution >= 4 is 11.9 Å². The molecule has 0 radical (unpaired) electrons. The van der Waals surface area contributed by atoms with Crippen LogP contribution in [0.4, 0.5) is 8.78 Å². The molecule has 2 atom stereocenters. The van der Waals surface area contributed by atoms with Crippen molar-refractivity contribution in [2.75, 3.05) is 6.54 Å². The molecule has 0 aliphatic heterocycles. The number of nitrogens with one attached hydrogen (secondary N) is 1. The molecular weight excluding hydrogens is 234 g/mol. The summed E-state index contributed by atoms with van der Waals surface area (Å²) in [5, 5.41) is 11.2. The predicted molar refractivity (Wildman–Crippen MR) is 57.3 cm³/mol. The number of hydrogen-bond donors (Lipinski definition) is 3. The number of aliphatic carboxylic acids is 1. The summed E-state index contributed by atoms with van der Waals surface area (Å²) in [6, 6.07) is -0.637. The summed E-state index contributed by atoms with van der Waals surface area (Å²) in [7, 11) is 0. The van der Waals surface area contributed by atoms with E-state index in [0.717, 1.165) is 0 Å². The van der Waals surface area contributed by atoms with Gasteiger partial charge in [0.05, 0.1) is 12.5 Å². The van der Waals surface area contributed by atoms with Crippen LogP contribution >= 0.6 is 0 Å². The van der Waals surface area contributed by atoms with E-state index in [0.29, 0.717) is 12.5 Å². The molecule has 0 aromatic carbocycles. The van der Waals surface area contributed by atoms with Crippen molar-refractivity contribution in [1.82, 2.24) is 5.32 Å². The van der Waals surface area contributed by atoms with Crippen LogP contribution in [0, 0.1) is 5.92 Å². The summed E-state index contributed by atoms with van der Waals surface area (Å²) >= 11 is 0. The number of carbonyl (C=O) groups excluding carboxylic acids is 1. The van der Waals surface area contributed by atoms with Gasteiger partial charge in [-0.25, -0.2) is 0 Å². The summed E-state index contributed by atoms with van der Waals surface area (Å²) < 4.78 is 24.1. The fraction of sp³-hybridized carbons (Fsp3) is 0.600. The van der Waals surface area contributed by atoms with Crippen LogP contribution in [0.2, 0.25) is 0 Å². The van der Waals surface area contributed by atoms with Crippen LogP contribution in [0.5, 0.6) is 0 Å². The number of amides is 1. The van der Waals surface area contributed by atoms with E-state index < -0.39 is 36.3 Å². The molecule has 0 fully saturated rings. The topological polar surface area (TPSA) is 92.4 Å². The van der Waals surface area contributed by atoms with Gasteiger partial charge in [0.25, 0.3) is 6.08 Å². The third-order valence-electron chi connectivity index (χ3n) is 2.18. The number of primary amides is 1. The second kappa shape index (κ2) is 7.72. The van der Waals surface area contributed by atoms with E-state index in [2.05, 4.69) is 5.32 Å². The Morgan fingerprint density at radius 2 is 2.06 bits per heavy atom. The molecule has 0 aliphatic carbocycles. The number of hydrogen-bond acceptors (Lipinski definition) is 3. The first-order valence-electron chi connectivity index (χ1n) is 5.14. The van der Waals surface area contributed by atoms with Crippen molar-refractivity contribution in [3.8, 4) is 0 Å². The van der Waals surface area contributed by atoms with Crippen LogP contribution in [-0.4, -0.2) is 29.6 Å². The first kappa shape index (κ1) is 15.5. The third-order valence-corrected chi connectivity index (χ3v) is 2.18. The van der Waals surface area contributed by atoms with Gasteiger partial charge >= 0.3 is 5.97 Å². The lowest BCUT2D eigenvalue weighted by molar-refractivity contribution is -0.137. The predicted octanol–water partition coefficient (Wildman–Crippen LogP) is 0.711. The Kier molecular flexibility index (Phi) is 7.04. The van der Waals surface area contributed by atoms with Crippen LogP contribution < -0.4 is 11.1 Å². The average Bonchev–Trinajstić information content (AvgIpc) is 2.15. The zero-order valence-electron chi connectivity index (χ0n) is 9.45. The fourth-order valence-corrected chi connectivity index (χ4v) is 1.33. The molecule has 0 saturated heterocycles. The van der Waals surface area contributed by atoms with Crippen LogP contribution in [0.25, 0.3) is 0 Å². The SMILES string of the molecule is CC[C@H](NC[C@@H](C=C(F)F)CC(=O)O)C(N)=O. The molecule has 0 unspecified atom stereocenters. The monoisotopic (exact) mass is 250 g/mol. The Balaban J connectivity index is 4.38. The van der Waals surface area contributed by atoms with Crippen molar-refractivity contribution in [2.45, 2.75) is 25.8 Å². The molecule has 98 valence electrons.